The first-order valence-electron chi connectivity index (χ1n) is 9.80. The standard InChI is InChI=1S/C24H23N3O2/c28-23(14-16-25-24(29)19-9-2-1-3-10-19)26-20-11-5-7-13-22(20)27-17-15-18-8-4-6-12-21(18)27/h1-13H,14-17H2,(H,25,29)(H,26,28). The molecule has 0 saturated carbocycles. The first-order chi connectivity index (χ1) is 14.2. The maximum Gasteiger partial charge on any atom is 0.251 e. The molecule has 0 atom stereocenters. The summed E-state index contributed by atoms with van der Waals surface area (Å²) in [6.45, 7) is 1.17. The fourth-order valence-corrected chi connectivity index (χ4v) is 3.60. The van der Waals surface area contributed by atoms with Crippen molar-refractivity contribution in [3.05, 3.63) is 90.0 Å². The van der Waals surface area contributed by atoms with E-state index >= 15 is 0 Å². The van der Waals surface area contributed by atoms with Gasteiger partial charge in [0.1, 0.15) is 0 Å². The minimum absolute atomic E-state index is 0.127. The smallest absolute Gasteiger partial charge is 0.251 e. The van der Waals surface area contributed by atoms with E-state index in [-0.39, 0.29) is 24.8 Å². The van der Waals surface area contributed by atoms with Crippen LogP contribution in [-0.4, -0.2) is 24.9 Å². The Bertz CT molecular complexity index is 1020. The van der Waals surface area contributed by atoms with Gasteiger partial charge in [-0.2, -0.15) is 0 Å². The predicted octanol–water partition coefficient (Wildman–Crippen LogP) is 4.14. The van der Waals surface area contributed by atoms with Crippen LogP contribution in [0.15, 0.2) is 78.9 Å². The van der Waals surface area contributed by atoms with Crippen LogP contribution in [0.1, 0.15) is 22.3 Å². The van der Waals surface area contributed by atoms with Gasteiger partial charge in [0.25, 0.3) is 5.91 Å². The van der Waals surface area contributed by atoms with Crippen LogP contribution in [0.2, 0.25) is 0 Å². The lowest BCUT2D eigenvalue weighted by Gasteiger charge is -2.23. The van der Waals surface area contributed by atoms with E-state index in [1.54, 1.807) is 12.1 Å². The molecule has 4 rings (SSSR count). The number of nitrogens with zero attached hydrogens (tertiary/aromatic N) is 1. The number of carbonyl (C=O) groups excluding carboxylic acids is 2. The lowest BCUT2D eigenvalue weighted by molar-refractivity contribution is -0.116. The number of fused-ring (bicyclic) bond motifs is 1. The predicted molar refractivity (Wildman–Crippen MR) is 116 cm³/mol. The summed E-state index contributed by atoms with van der Waals surface area (Å²) in [6.07, 6.45) is 1.20. The Morgan fingerprint density at radius 1 is 0.828 bits per heavy atom. The Hall–Kier alpha value is -3.60. The first kappa shape index (κ1) is 18.7. The van der Waals surface area contributed by atoms with Crippen LogP contribution in [0.3, 0.4) is 0 Å². The molecule has 3 aromatic carbocycles. The van der Waals surface area contributed by atoms with Gasteiger partial charge in [0, 0.05) is 30.8 Å². The van der Waals surface area contributed by atoms with Crippen molar-refractivity contribution in [1.82, 2.24) is 5.32 Å². The molecule has 5 nitrogen and oxygen atoms in total. The van der Waals surface area contributed by atoms with Gasteiger partial charge in [-0.15, -0.1) is 0 Å². The van der Waals surface area contributed by atoms with E-state index in [2.05, 4.69) is 33.7 Å². The van der Waals surface area contributed by atoms with Crippen molar-refractivity contribution < 1.29 is 9.59 Å². The summed E-state index contributed by atoms with van der Waals surface area (Å²) in [5.41, 5.74) is 4.86. The van der Waals surface area contributed by atoms with E-state index in [4.69, 9.17) is 0 Å². The molecule has 29 heavy (non-hydrogen) atoms. The zero-order chi connectivity index (χ0) is 20.1. The Balaban J connectivity index is 1.38. The molecule has 2 amide bonds. The number of rotatable bonds is 6. The van der Waals surface area contributed by atoms with Gasteiger partial charge >= 0.3 is 0 Å². The van der Waals surface area contributed by atoms with Crippen LogP contribution in [-0.2, 0) is 11.2 Å². The van der Waals surface area contributed by atoms with Gasteiger partial charge < -0.3 is 15.5 Å². The number of hydrogen-bond donors (Lipinski definition) is 2. The molecule has 5 heteroatoms. The van der Waals surface area contributed by atoms with E-state index in [1.807, 2.05) is 48.5 Å². The number of hydrogen-bond acceptors (Lipinski definition) is 3. The first-order valence-corrected chi connectivity index (χ1v) is 9.80. The Labute approximate surface area is 170 Å². The van der Waals surface area contributed by atoms with Crippen LogP contribution in [0.25, 0.3) is 0 Å². The molecule has 1 heterocycles. The Kier molecular flexibility index (Phi) is 5.56. The number of anilines is 3. The molecule has 1 aliphatic heterocycles. The molecule has 0 aliphatic carbocycles. The number of carbonyl (C=O) groups is 2. The van der Waals surface area contributed by atoms with E-state index < -0.39 is 0 Å². The second-order valence-electron chi connectivity index (χ2n) is 6.97. The van der Waals surface area contributed by atoms with Gasteiger partial charge in [-0.25, -0.2) is 0 Å². The highest BCUT2D eigenvalue weighted by Crippen LogP contribution is 2.38. The summed E-state index contributed by atoms with van der Waals surface area (Å²) >= 11 is 0. The van der Waals surface area contributed by atoms with Crippen LogP contribution in [0.4, 0.5) is 17.1 Å². The number of amides is 2. The fraction of sp³-hybridized carbons (Fsp3) is 0.167. The van der Waals surface area contributed by atoms with Gasteiger partial charge in [-0.1, -0.05) is 48.5 Å². The molecular formula is C24H23N3O2. The normalized spacial score (nSPS) is 12.3. The van der Waals surface area contributed by atoms with Gasteiger partial charge in [0.2, 0.25) is 5.91 Å². The van der Waals surface area contributed by atoms with E-state index in [0.29, 0.717) is 5.56 Å². The zero-order valence-electron chi connectivity index (χ0n) is 16.1. The van der Waals surface area contributed by atoms with Crippen LogP contribution >= 0.6 is 0 Å². The molecular weight excluding hydrogens is 362 g/mol. The van der Waals surface area contributed by atoms with Crippen LogP contribution < -0.4 is 15.5 Å². The number of para-hydroxylation sites is 3. The number of benzene rings is 3. The SMILES string of the molecule is O=C(CCNC(=O)c1ccccc1)Nc1ccccc1N1CCc2ccccc21. The highest BCUT2D eigenvalue weighted by molar-refractivity contribution is 5.97. The van der Waals surface area contributed by atoms with Crippen molar-refractivity contribution in [1.29, 1.82) is 0 Å². The van der Waals surface area contributed by atoms with Crippen LogP contribution in [0.5, 0.6) is 0 Å². The summed E-state index contributed by atoms with van der Waals surface area (Å²) in [6, 6.07) is 25.2. The van der Waals surface area contributed by atoms with Gasteiger partial charge in [0.15, 0.2) is 0 Å². The molecule has 0 spiro atoms. The largest absolute Gasteiger partial charge is 0.352 e. The lowest BCUT2D eigenvalue weighted by atomic mass is 10.1. The quantitative estimate of drug-likeness (QED) is 0.670. The Morgan fingerprint density at radius 2 is 1.52 bits per heavy atom. The average molecular weight is 385 g/mol. The third-order valence-corrected chi connectivity index (χ3v) is 5.03. The highest BCUT2D eigenvalue weighted by Gasteiger charge is 2.22. The minimum atomic E-state index is -0.174. The van der Waals surface area contributed by atoms with E-state index in [0.717, 1.165) is 24.3 Å². The van der Waals surface area contributed by atoms with Crippen LogP contribution in [0, 0.1) is 0 Å². The fourth-order valence-electron chi connectivity index (χ4n) is 3.60. The second-order valence-corrected chi connectivity index (χ2v) is 6.97. The highest BCUT2D eigenvalue weighted by atomic mass is 16.2. The summed E-state index contributed by atoms with van der Waals surface area (Å²) in [5.74, 6) is -0.300. The molecule has 1 aliphatic rings. The Morgan fingerprint density at radius 3 is 2.34 bits per heavy atom. The monoisotopic (exact) mass is 385 g/mol. The molecule has 0 fully saturated rings. The summed E-state index contributed by atoms with van der Waals surface area (Å²) in [5, 5.41) is 5.79. The summed E-state index contributed by atoms with van der Waals surface area (Å²) in [4.78, 5) is 26.8. The van der Waals surface area contributed by atoms with Crippen molar-refractivity contribution in [3.63, 3.8) is 0 Å². The second kappa shape index (κ2) is 8.61. The minimum Gasteiger partial charge on any atom is -0.352 e. The molecule has 0 aromatic heterocycles. The average Bonchev–Trinajstić information content (AvgIpc) is 3.19. The molecule has 146 valence electrons. The lowest BCUT2D eigenvalue weighted by Crippen LogP contribution is -2.28. The molecule has 0 unspecified atom stereocenters. The molecule has 0 bridgehead atoms. The summed E-state index contributed by atoms with van der Waals surface area (Å²) in [7, 11) is 0. The third kappa shape index (κ3) is 4.29. The van der Waals surface area contributed by atoms with Crippen molar-refractivity contribution >= 4 is 28.9 Å². The topological polar surface area (TPSA) is 61.4 Å². The molecule has 0 radical (unpaired) electrons. The maximum atomic E-state index is 12.5. The molecule has 2 N–H and O–H groups in total. The third-order valence-electron chi connectivity index (χ3n) is 5.03. The van der Waals surface area contributed by atoms with Gasteiger partial charge in [-0.3, -0.25) is 9.59 Å². The molecule has 3 aromatic rings. The van der Waals surface area contributed by atoms with Crippen molar-refractivity contribution in [2.45, 2.75) is 12.8 Å². The summed E-state index contributed by atoms with van der Waals surface area (Å²) < 4.78 is 0. The van der Waals surface area contributed by atoms with Crippen molar-refractivity contribution in [2.75, 3.05) is 23.3 Å². The maximum absolute atomic E-state index is 12.5. The van der Waals surface area contributed by atoms with E-state index in [1.165, 1.54) is 11.3 Å². The van der Waals surface area contributed by atoms with Crippen molar-refractivity contribution in [2.24, 2.45) is 0 Å². The van der Waals surface area contributed by atoms with Gasteiger partial charge in [0.05, 0.1) is 11.4 Å². The zero-order valence-corrected chi connectivity index (χ0v) is 16.1. The van der Waals surface area contributed by atoms with Crippen molar-refractivity contribution in [3.8, 4) is 0 Å². The van der Waals surface area contributed by atoms with Gasteiger partial charge in [-0.05, 0) is 42.3 Å². The van der Waals surface area contributed by atoms with E-state index in [9.17, 15) is 9.59 Å². The molecule has 0 saturated heterocycles. The number of nitrogens with one attached hydrogen (secondary N) is 2.